The first-order chi connectivity index (χ1) is 7.81. The third-order valence-corrected chi connectivity index (χ3v) is 2.92. The van der Waals surface area contributed by atoms with Crippen LogP contribution in [0.25, 0.3) is 0 Å². The number of piperidine rings is 1. The number of amides is 1. The quantitative estimate of drug-likeness (QED) is 0.779. The second-order valence-corrected chi connectivity index (χ2v) is 4.01. The van der Waals surface area contributed by atoms with Crippen molar-refractivity contribution < 1.29 is 4.79 Å². The molecule has 86 valence electrons. The van der Waals surface area contributed by atoms with Gasteiger partial charge in [0.15, 0.2) is 0 Å². The van der Waals surface area contributed by atoms with Crippen LogP contribution >= 0.6 is 0 Å². The third-order valence-electron chi connectivity index (χ3n) is 2.92. The van der Waals surface area contributed by atoms with Gasteiger partial charge in [0.2, 0.25) is 0 Å². The lowest BCUT2D eigenvalue weighted by atomic mass is 10.1. The van der Waals surface area contributed by atoms with E-state index in [2.05, 4.69) is 15.3 Å². The average Bonchev–Trinajstić information content (AvgIpc) is 2.39. The van der Waals surface area contributed by atoms with Crippen LogP contribution in [0.1, 0.15) is 23.2 Å². The number of nitrogens with one attached hydrogen (secondary N) is 1. The van der Waals surface area contributed by atoms with Crippen molar-refractivity contribution in [1.82, 2.24) is 20.2 Å². The smallest absolute Gasteiger partial charge is 0.257 e. The van der Waals surface area contributed by atoms with Crippen LogP contribution in [0.2, 0.25) is 0 Å². The summed E-state index contributed by atoms with van der Waals surface area (Å²) in [6.07, 6.45) is 6.75. The van der Waals surface area contributed by atoms with Gasteiger partial charge in [-0.05, 0) is 19.9 Å². The fourth-order valence-electron chi connectivity index (χ4n) is 1.99. The van der Waals surface area contributed by atoms with Gasteiger partial charge >= 0.3 is 0 Å². The monoisotopic (exact) mass is 220 g/mol. The Labute approximate surface area is 94.9 Å². The van der Waals surface area contributed by atoms with E-state index in [4.69, 9.17) is 0 Å². The highest BCUT2D eigenvalue weighted by Crippen LogP contribution is 2.12. The molecule has 1 fully saturated rings. The first-order valence-corrected chi connectivity index (χ1v) is 5.53. The summed E-state index contributed by atoms with van der Waals surface area (Å²) in [6.45, 7) is 1.59. The minimum absolute atomic E-state index is 0.0283. The molecule has 0 bridgehead atoms. The van der Waals surface area contributed by atoms with E-state index in [1.165, 1.54) is 6.33 Å². The summed E-state index contributed by atoms with van der Waals surface area (Å²) in [5, 5.41) is 3.22. The number of aromatic nitrogens is 2. The van der Waals surface area contributed by atoms with Gasteiger partial charge in [0.25, 0.3) is 5.91 Å². The lowest BCUT2D eigenvalue weighted by Crippen LogP contribution is -2.47. The number of hydrogen-bond donors (Lipinski definition) is 1. The maximum atomic E-state index is 12.1. The lowest BCUT2D eigenvalue weighted by Gasteiger charge is -2.32. The maximum Gasteiger partial charge on any atom is 0.257 e. The van der Waals surface area contributed by atoms with Gasteiger partial charge < -0.3 is 10.2 Å². The van der Waals surface area contributed by atoms with Crippen molar-refractivity contribution in [2.75, 3.05) is 20.1 Å². The molecule has 1 aliphatic rings. The third kappa shape index (κ3) is 2.36. The first-order valence-electron chi connectivity index (χ1n) is 5.53. The van der Waals surface area contributed by atoms with Crippen molar-refractivity contribution >= 4 is 5.91 Å². The van der Waals surface area contributed by atoms with Crippen molar-refractivity contribution in [3.8, 4) is 0 Å². The van der Waals surface area contributed by atoms with Gasteiger partial charge in [-0.25, -0.2) is 9.97 Å². The first kappa shape index (κ1) is 11.0. The number of carbonyl (C=O) groups is 1. The molecule has 0 spiro atoms. The van der Waals surface area contributed by atoms with Crippen LogP contribution in [-0.4, -0.2) is 47.0 Å². The molecule has 1 N–H and O–H groups in total. The number of carbonyl (C=O) groups excluding carboxylic acids is 1. The van der Waals surface area contributed by atoms with Crippen LogP contribution in [0.15, 0.2) is 18.7 Å². The second kappa shape index (κ2) is 5.03. The molecular weight excluding hydrogens is 204 g/mol. The topological polar surface area (TPSA) is 58.1 Å². The highest BCUT2D eigenvalue weighted by atomic mass is 16.2. The Bertz CT molecular complexity index is 354. The Kier molecular flexibility index (Phi) is 3.46. The molecule has 2 rings (SSSR count). The summed E-state index contributed by atoms with van der Waals surface area (Å²) < 4.78 is 0. The number of likely N-dealkylation sites (N-methyl/N-ethyl adjacent to an activating group) is 1. The van der Waals surface area contributed by atoms with E-state index in [0.717, 1.165) is 25.9 Å². The predicted molar refractivity (Wildman–Crippen MR) is 60.0 cm³/mol. The Morgan fingerprint density at radius 3 is 2.94 bits per heavy atom. The fraction of sp³-hybridized carbons (Fsp3) is 0.545. The van der Waals surface area contributed by atoms with Crippen molar-refractivity contribution in [3.63, 3.8) is 0 Å². The summed E-state index contributed by atoms with van der Waals surface area (Å²) >= 11 is 0. The van der Waals surface area contributed by atoms with Crippen LogP contribution in [0.5, 0.6) is 0 Å². The SMILES string of the molecule is CNC1CCCN(C(=O)c2cncnc2)C1. The Balaban J connectivity index is 2.05. The van der Waals surface area contributed by atoms with Crippen LogP contribution < -0.4 is 5.32 Å². The van der Waals surface area contributed by atoms with E-state index in [1.54, 1.807) is 12.4 Å². The van der Waals surface area contributed by atoms with E-state index in [-0.39, 0.29) is 5.91 Å². The summed E-state index contributed by atoms with van der Waals surface area (Å²) in [5.41, 5.74) is 0.569. The molecule has 1 saturated heterocycles. The standard InChI is InChI=1S/C11H16N4O/c1-12-10-3-2-4-15(7-10)11(16)9-5-13-8-14-6-9/h5-6,8,10,12H,2-4,7H2,1H3. The molecule has 1 aromatic heterocycles. The molecule has 0 radical (unpaired) electrons. The van der Waals surface area contributed by atoms with Gasteiger partial charge in [-0.2, -0.15) is 0 Å². The zero-order valence-corrected chi connectivity index (χ0v) is 9.39. The van der Waals surface area contributed by atoms with Crippen LogP contribution in [0, 0.1) is 0 Å². The summed E-state index contributed by atoms with van der Waals surface area (Å²) in [7, 11) is 1.93. The van der Waals surface area contributed by atoms with Gasteiger partial charge in [-0.3, -0.25) is 4.79 Å². The van der Waals surface area contributed by atoms with Crippen LogP contribution in [-0.2, 0) is 0 Å². The van der Waals surface area contributed by atoms with Crippen molar-refractivity contribution in [2.24, 2.45) is 0 Å². The molecule has 2 heterocycles. The molecule has 0 saturated carbocycles. The molecule has 1 amide bonds. The molecular formula is C11H16N4O. The predicted octanol–water partition coefficient (Wildman–Crippen LogP) is 0.301. The van der Waals surface area contributed by atoms with E-state index >= 15 is 0 Å². The average molecular weight is 220 g/mol. The van der Waals surface area contributed by atoms with Crippen LogP contribution in [0.3, 0.4) is 0 Å². The second-order valence-electron chi connectivity index (χ2n) is 4.01. The summed E-state index contributed by atoms with van der Waals surface area (Å²) in [5.74, 6) is 0.0283. The molecule has 1 aromatic rings. The Hall–Kier alpha value is -1.49. The number of nitrogens with zero attached hydrogens (tertiary/aromatic N) is 3. The van der Waals surface area contributed by atoms with E-state index in [9.17, 15) is 4.79 Å². The van der Waals surface area contributed by atoms with Crippen LogP contribution in [0.4, 0.5) is 0 Å². The largest absolute Gasteiger partial charge is 0.337 e. The van der Waals surface area contributed by atoms with Gasteiger partial charge in [0.1, 0.15) is 6.33 Å². The normalized spacial score (nSPS) is 20.8. The molecule has 0 aliphatic carbocycles. The zero-order valence-electron chi connectivity index (χ0n) is 9.39. The minimum atomic E-state index is 0.0283. The maximum absolute atomic E-state index is 12.1. The fourth-order valence-corrected chi connectivity index (χ4v) is 1.99. The van der Waals surface area contributed by atoms with Gasteiger partial charge in [-0.15, -0.1) is 0 Å². The molecule has 16 heavy (non-hydrogen) atoms. The number of hydrogen-bond acceptors (Lipinski definition) is 4. The molecule has 5 nitrogen and oxygen atoms in total. The van der Waals surface area contributed by atoms with Gasteiger partial charge in [0, 0.05) is 31.5 Å². The molecule has 5 heteroatoms. The van der Waals surface area contributed by atoms with E-state index in [1.807, 2.05) is 11.9 Å². The van der Waals surface area contributed by atoms with E-state index < -0.39 is 0 Å². The molecule has 1 unspecified atom stereocenters. The van der Waals surface area contributed by atoms with Gasteiger partial charge in [0.05, 0.1) is 5.56 Å². The van der Waals surface area contributed by atoms with Gasteiger partial charge in [-0.1, -0.05) is 0 Å². The number of rotatable bonds is 2. The molecule has 0 aromatic carbocycles. The molecule has 1 aliphatic heterocycles. The van der Waals surface area contributed by atoms with Crippen molar-refractivity contribution in [3.05, 3.63) is 24.3 Å². The minimum Gasteiger partial charge on any atom is -0.337 e. The number of likely N-dealkylation sites (tertiary alicyclic amines) is 1. The van der Waals surface area contributed by atoms with Crippen molar-refractivity contribution in [2.45, 2.75) is 18.9 Å². The zero-order chi connectivity index (χ0) is 11.4. The highest BCUT2D eigenvalue weighted by molar-refractivity contribution is 5.93. The highest BCUT2D eigenvalue weighted by Gasteiger charge is 2.23. The van der Waals surface area contributed by atoms with Crippen molar-refractivity contribution in [1.29, 1.82) is 0 Å². The van der Waals surface area contributed by atoms with E-state index in [0.29, 0.717) is 11.6 Å². The Morgan fingerprint density at radius 1 is 1.50 bits per heavy atom. The summed E-state index contributed by atoms with van der Waals surface area (Å²) in [4.78, 5) is 21.7. The molecule has 1 atom stereocenters. The Morgan fingerprint density at radius 2 is 2.25 bits per heavy atom. The summed E-state index contributed by atoms with van der Waals surface area (Å²) in [6, 6.07) is 0.405. The lowest BCUT2D eigenvalue weighted by molar-refractivity contribution is 0.0697.